The molecule has 0 bridgehead atoms. The molecule has 108 valence electrons. The van der Waals surface area contributed by atoms with Gasteiger partial charge in [-0.15, -0.1) is 11.3 Å². The van der Waals surface area contributed by atoms with Crippen LogP contribution in [0.5, 0.6) is 0 Å². The second kappa shape index (κ2) is 6.31. The lowest BCUT2D eigenvalue weighted by molar-refractivity contribution is -0.900. The van der Waals surface area contributed by atoms with Crippen molar-refractivity contribution in [3.05, 3.63) is 29.3 Å². The largest absolute Gasteiger partial charge is 0.370 e. The molecule has 2 heterocycles. The number of aromatic nitrogens is 1. The van der Waals surface area contributed by atoms with Gasteiger partial charge >= 0.3 is 0 Å². The molecule has 0 amide bonds. The van der Waals surface area contributed by atoms with Crippen molar-refractivity contribution in [1.82, 2.24) is 4.98 Å². The molecule has 1 aliphatic rings. The summed E-state index contributed by atoms with van der Waals surface area (Å²) in [6.07, 6.45) is 0. The zero-order valence-corrected chi connectivity index (χ0v) is 12.4. The van der Waals surface area contributed by atoms with Crippen molar-refractivity contribution in [3.63, 3.8) is 0 Å². The number of carbonyl (C=O) groups is 1. The van der Waals surface area contributed by atoms with Gasteiger partial charge in [0.25, 0.3) is 0 Å². The minimum absolute atomic E-state index is 0.0477. The van der Waals surface area contributed by atoms with Crippen LogP contribution in [0.15, 0.2) is 24.3 Å². The summed E-state index contributed by atoms with van der Waals surface area (Å²) < 4.78 is 6.30. The first-order valence-corrected chi connectivity index (χ1v) is 7.78. The van der Waals surface area contributed by atoms with Gasteiger partial charge in [-0.3, -0.25) is 4.79 Å². The fraction of sp³-hybridized carbons (Fsp3) is 0.400. The molecule has 1 aromatic heterocycles. The van der Waals surface area contributed by atoms with Crippen LogP contribution in [0.4, 0.5) is 0 Å². The number of rotatable bonds is 4. The Morgan fingerprint density at radius 1 is 1.43 bits per heavy atom. The van der Waals surface area contributed by atoms with Gasteiger partial charge in [0.05, 0.1) is 29.5 Å². The number of thiazole rings is 1. The SMILES string of the molecule is N#C[C@@H](C(=O)C[NH+]1CCOCC1)c1nc2ccccc2s1. The maximum atomic E-state index is 12.4. The van der Waals surface area contributed by atoms with Crippen molar-refractivity contribution in [1.29, 1.82) is 5.26 Å². The number of morpholine rings is 1. The van der Waals surface area contributed by atoms with Crippen molar-refractivity contribution in [2.24, 2.45) is 0 Å². The molecule has 1 saturated heterocycles. The summed E-state index contributed by atoms with van der Waals surface area (Å²) >= 11 is 1.43. The molecule has 21 heavy (non-hydrogen) atoms. The first-order valence-electron chi connectivity index (χ1n) is 6.97. The number of nitrogens with one attached hydrogen (secondary N) is 1. The van der Waals surface area contributed by atoms with E-state index in [2.05, 4.69) is 11.1 Å². The Labute approximate surface area is 126 Å². The summed E-state index contributed by atoms with van der Waals surface area (Å²) in [6.45, 7) is 3.38. The van der Waals surface area contributed by atoms with Crippen LogP contribution >= 0.6 is 11.3 Å². The Morgan fingerprint density at radius 3 is 2.90 bits per heavy atom. The molecule has 2 aromatic rings. The van der Waals surface area contributed by atoms with Gasteiger partial charge in [-0.25, -0.2) is 4.98 Å². The highest BCUT2D eigenvalue weighted by molar-refractivity contribution is 7.18. The van der Waals surface area contributed by atoms with Gasteiger partial charge in [-0.2, -0.15) is 5.26 Å². The molecule has 0 spiro atoms. The molecule has 3 rings (SSSR count). The molecular formula is C15H16N3O2S+. The highest BCUT2D eigenvalue weighted by atomic mass is 32.1. The smallest absolute Gasteiger partial charge is 0.210 e. The van der Waals surface area contributed by atoms with Crippen LogP contribution in [-0.2, 0) is 9.53 Å². The van der Waals surface area contributed by atoms with Crippen molar-refractivity contribution in [2.45, 2.75) is 5.92 Å². The first-order chi connectivity index (χ1) is 10.3. The number of fused-ring (bicyclic) bond motifs is 1. The number of nitriles is 1. The summed E-state index contributed by atoms with van der Waals surface area (Å²) in [4.78, 5) is 18.0. The Hall–Kier alpha value is -1.81. The zero-order valence-electron chi connectivity index (χ0n) is 11.5. The third-order valence-electron chi connectivity index (χ3n) is 3.63. The predicted molar refractivity (Wildman–Crippen MR) is 79.4 cm³/mol. The minimum Gasteiger partial charge on any atom is -0.370 e. The van der Waals surface area contributed by atoms with E-state index in [1.54, 1.807) is 0 Å². The Balaban J connectivity index is 1.77. The molecule has 1 aromatic carbocycles. The Bertz CT molecular complexity index is 653. The third-order valence-corrected chi connectivity index (χ3v) is 4.73. The van der Waals surface area contributed by atoms with E-state index in [0.717, 1.165) is 23.3 Å². The number of ketones is 1. The molecule has 1 N–H and O–H groups in total. The molecule has 6 heteroatoms. The molecule has 1 aliphatic heterocycles. The zero-order chi connectivity index (χ0) is 14.7. The summed E-state index contributed by atoms with van der Waals surface area (Å²) in [5.74, 6) is -0.800. The monoisotopic (exact) mass is 302 g/mol. The number of para-hydroxylation sites is 1. The highest BCUT2D eigenvalue weighted by Crippen LogP contribution is 2.27. The standard InChI is InChI=1S/C15H15N3O2S/c16-9-11(13(19)10-18-5-7-20-8-6-18)15-17-12-3-1-2-4-14(12)21-15/h1-4,11H,5-8,10H2/p+1/t11-/m0/s1. The second-order valence-corrected chi connectivity index (χ2v) is 6.15. The lowest BCUT2D eigenvalue weighted by Crippen LogP contribution is -3.15. The third kappa shape index (κ3) is 3.10. The number of Topliss-reactive ketones (excluding diaryl/α,β-unsaturated/α-hetero) is 1. The maximum Gasteiger partial charge on any atom is 0.210 e. The highest BCUT2D eigenvalue weighted by Gasteiger charge is 2.28. The van der Waals surface area contributed by atoms with E-state index in [0.29, 0.717) is 24.8 Å². The van der Waals surface area contributed by atoms with Crippen molar-refractivity contribution >= 4 is 27.3 Å². The Kier molecular flexibility index (Phi) is 4.25. The number of benzene rings is 1. The lowest BCUT2D eigenvalue weighted by atomic mass is 10.1. The van der Waals surface area contributed by atoms with E-state index in [1.807, 2.05) is 24.3 Å². The second-order valence-electron chi connectivity index (χ2n) is 5.09. The van der Waals surface area contributed by atoms with E-state index < -0.39 is 5.92 Å². The molecule has 0 saturated carbocycles. The van der Waals surface area contributed by atoms with Gasteiger partial charge in [-0.1, -0.05) is 12.1 Å². The quantitative estimate of drug-likeness (QED) is 0.887. The number of ether oxygens (including phenoxy) is 1. The van der Waals surface area contributed by atoms with Crippen LogP contribution in [0, 0.1) is 11.3 Å². The number of hydrogen-bond acceptors (Lipinski definition) is 5. The van der Waals surface area contributed by atoms with Crippen molar-refractivity contribution in [3.8, 4) is 6.07 Å². The summed E-state index contributed by atoms with van der Waals surface area (Å²) in [6, 6.07) is 9.83. The van der Waals surface area contributed by atoms with Crippen molar-refractivity contribution < 1.29 is 14.4 Å². The molecule has 0 aliphatic carbocycles. The maximum absolute atomic E-state index is 12.4. The van der Waals surface area contributed by atoms with Crippen LogP contribution < -0.4 is 4.90 Å². The van der Waals surface area contributed by atoms with E-state index >= 15 is 0 Å². The Morgan fingerprint density at radius 2 is 2.19 bits per heavy atom. The topological polar surface area (TPSA) is 67.4 Å². The van der Waals surface area contributed by atoms with Crippen molar-refractivity contribution in [2.75, 3.05) is 32.8 Å². The normalized spacial score (nSPS) is 17.5. The van der Waals surface area contributed by atoms with Gasteiger partial charge < -0.3 is 9.64 Å². The first kappa shape index (κ1) is 14.1. The molecule has 0 radical (unpaired) electrons. The van der Waals surface area contributed by atoms with E-state index in [4.69, 9.17) is 4.74 Å². The predicted octanol–water partition coefficient (Wildman–Crippen LogP) is 0.388. The van der Waals surface area contributed by atoms with E-state index in [9.17, 15) is 10.1 Å². The fourth-order valence-electron chi connectivity index (χ4n) is 2.46. The van der Waals surface area contributed by atoms with Crippen LogP contribution in [0.1, 0.15) is 10.9 Å². The molecule has 1 fully saturated rings. The van der Waals surface area contributed by atoms with Gasteiger partial charge in [0.2, 0.25) is 5.78 Å². The minimum atomic E-state index is -0.752. The van der Waals surface area contributed by atoms with E-state index in [1.165, 1.54) is 16.2 Å². The number of quaternary nitrogens is 1. The van der Waals surface area contributed by atoms with E-state index in [-0.39, 0.29) is 5.78 Å². The van der Waals surface area contributed by atoms with Crippen LogP contribution in [0.3, 0.4) is 0 Å². The van der Waals surface area contributed by atoms with Gasteiger partial charge in [0.15, 0.2) is 5.92 Å². The average Bonchev–Trinajstić information content (AvgIpc) is 2.92. The number of hydrogen-bond donors (Lipinski definition) is 1. The summed E-state index contributed by atoms with van der Waals surface area (Å²) in [5, 5.41) is 9.97. The number of carbonyl (C=O) groups excluding carboxylic acids is 1. The van der Waals surface area contributed by atoms with Crippen LogP contribution in [-0.4, -0.2) is 43.6 Å². The molecule has 5 nitrogen and oxygen atoms in total. The average molecular weight is 302 g/mol. The number of nitrogens with zero attached hydrogens (tertiary/aromatic N) is 2. The van der Waals surface area contributed by atoms with Gasteiger partial charge in [-0.05, 0) is 12.1 Å². The molecule has 1 atom stereocenters. The summed E-state index contributed by atoms with van der Waals surface area (Å²) in [7, 11) is 0. The van der Waals surface area contributed by atoms with Gasteiger partial charge in [0.1, 0.15) is 24.6 Å². The molecule has 0 unspecified atom stereocenters. The lowest BCUT2D eigenvalue weighted by Gasteiger charge is -2.23. The molecular weight excluding hydrogens is 286 g/mol. The fourth-order valence-corrected chi connectivity index (χ4v) is 3.50. The van der Waals surface area contributed by atoms with Crippen LogP contribution in [0.2, 0.25) is 0 Å². The van der Waals surface area contributed by atoms with Crippen LogP contribution in [0.25, 0.3) is 10.2 Å². The summed E-state index contributed by atoms with van der Waals surface area (Å²) in [5.41, 5.74) is 0.851. The van der Waals surface area contributed by atoms with Gasteiger partial charge in [0, 0.05) is 0 Å².